The molecule has 26 heavy (non-hydrogen) atoms. The van der Waals surface area contributed by atoms with Crippen molar-refractivity contribution in [3.63, 3.8) is 0 Å². The fourth-order valence-electron chi connectivity index (χ4n) is 3.48. The second-order valence-electron chi connectivity index (χ2n) is 7.30. The van der Waals surface area contributed by atoms with Gasteiger partial charge in [0, 0.05) is 31.0 Å². The zero-order valence-corrected chi connectivity index (χ0v) is 15.8. The number of amides is 1. The van der Waals surface area contributed by atoms with E-state index in [1.54, 1.807) is 6.20 Å². The predicted molar refractivity (Wildman–Crippen MR) is 107 cm³/mol. The largest absolute Gasteiger partial charge is 0.371 e. The second kappa shape index (κ2) is 8.84. The SMILES string of the molecule is CCC(C)NC(=O)c1cc(N2CCC(Cc3ccccc3)CC2)ccn1. The summed E-state index contributed by atoms with van der Waals surface area (Å²) in [4.78, 5) is 18.9. The number of piperidine rings is 1. The third kappa shape index (κ3) is 4.84. The Morgan fingerprint density at radius 1 is 1.23 bits per heavy atom. The van der Waals surface area contributed by atoms with Gasteiger partial charge in [-0.25, -0.2) is 0 Å². The monoisotopic (exact) mass is 351 g/mol. The predicted octanol–water partition coefficient (Wildman–Crippen LogP) is 4.07. The molecular weight excluding hydrogens is 322 g/mol. The summed E-state index contributed by atoms with van der Waals surface area (Å²) in [6, 6.07) is 14.9. The Bertz CT molecular complexity index is 708. The van der Waals surface area contributed by atoms with E-state index in [1.807, 2.05) is 19.1 Å². The average Bonchev–Trinajstić information content (AvgIpc) is 2.69. The highest BCUT2D eigenvalue weighted by Crippen LogP contribution is 2.26. The molecule has 1 fully saturated rings. The molecule has 1 atom stereocenters. The van der Waals surface area contributed by atoms with Crippen molar-refractivity contribution in [1.82, 2.24) is 10.3 Å². The van der Waals surface area contributed by atoms with Gasteiger partial charge in [0.25, 0.3) is 5.91 Å². The fourth-order valence-corrected chi connectivity index (χ4v) is 3.48. The van der Waals surface area contributed by atoms with Crippen LogP contribution in [0.15, 0.2) is 48.7 Å². The molecule has 1 saturated heterocycles. The quantitative estimate of drug-likeness (QED) is 0.853. The lowest BCUT2D eigenvalue weighted by Crippen LogP contribution is -2.35. The number of hydrogen-bond acceptors (Lipinski definition) is 3. The number of anilines is 1. The van der Waals surface area contributed by atoms with Gasteiger partial charge in [-0.3, -0.25) is 9.78 Å². The summed E-state index contributed by atoms with van der Waals surface area (Å²) in [5, 5.41) is 2.99. The van der Waals surface area contributed by atoms with Crippen molar-refractivity contribution in [1.29, 1.82) is 0 Å². The van der Waals surface area contributed by atoms with Crippen LogP contribution in [0.1, 0.15) is 49.2 Å². The number of carbonyl (C=O) groups excluding carboxylic acids is 1. The Morgan fingerprint density at radius 2 is 1.96 bits per heavy atom. The summed E-state index contributed by atoms with van der Waals surface area (Å²) in [6.45, 7) is 6.15. The fraction of sp³-hybridized carbons (Fsp3) is 0.455. The number of rotatable bonds is 6. The summed E-state index contributed by atoms with van der Waals surface area (Å²) >= 11 is 0. The van der Waals surface area contributed by atoms with E-state index in [-0.39, 0.29) is 11.9 Å². The maximum Gasteiger partial charge on any atom is 0.270 e. The standard InChI is InChI=1S/C22H29N3O/c1-3-17(2)24-22(26)21-16-20(9-12-23-21)25-13-10-19(11-14-25)15-18-7-5-4-6-8-18/h4-9,12,16-17,19H,3,10-11,13-15H2,1-2H3,(H,24,26). The molecule has 1 amide bonds. The Morgan fingerprint density at radius 3 is 2.65 bits per heavy atom. The molecule has 1 aliphatic heterocycles. The maximum atomic E-state index is 12.3. The van der Waals surface area contributed by atoms with Crippen LogP contribution in [0.25, 0.3) is 0 Å². The van der Waals surface area contributed by atoms with Crippen LogP contribution in [0, 0.1) is 5.92 Å². The minimum Gasteiger partial charge on any atom is -0.371 e. The van der Waals surface area contributed by atoms with Gasteiger partial charge in [-0.1, -0.05) is 37.3 Å². The molecule has 1 unspecified atom stereocenters. The number of aromatic nitrogens is 1. The van der Waals surface area contributed by atoms with E-state index in [9.17, 15) is 4.79 Å². The van der Waals surface area contributed by atoms with E-state index < -0.39 is 0 Å². The summed E-state index contributed by atoms with van der Waals surface area (Å²) < 4.78 is 0. The van der Waals surface area contributed by atoms with Crippen LogP contribution < -0.4 is 10.2 Å². The molecule has 0 spiro atoms. The summed E-state index contributed by atoms with van der Waals surface area (Å²) in [5.74, 6) is 0.656. The van der Waals surface area contributed by atoms with Crippen LogP contribution in [-0.4, -0.2) is 30.0 Å². The molecule has 4 heteroatoms. The summed E-state index contributed by atoms with van der Waals surface area (Å²) in [5.41, 5.74) is 3.04. The molecule has 2 aromatic rings. The minimum atomic E-state index is -0.0832. The molecule has 0 radical (unpaired) electrons. The van der Waals surface area contributed by atoms with Gasteiger partial charge in [0.15, 0.2) is 0 Å². The van der Waals surface area contributed by atoms with Gasteiger partial charge in [-0.2, -0.15) is 0 Å². The zero-order valence-electron chi connectivity index (χ0n) is 15.8. The molecule has 138 valence electrons. The highest BCUT2D eigenvalue weighted by molar-refractivity contribution is 5.93. The van der Waals surface area contributed by atoms with Gasteiger partial charge >= 0.3 is 0 Å². The van der Waals surface area contributed by atoms with Crippen LogP contribution in [0.5, 0.6) is 0 Å². The van der Waals surface area contributed by atoms with Gasteiger partial charge in [0.2, 0.25) is 0 Å². The molecule has 0 saturated carbocycles. The molecular formula is C22H29N3O. The van der Waals surface area contributed by atoms with E-state index in [0.717, 1.165) is 37.5 Å². The third-order valence-electron chi connectivity index (χ3n) is 5.31. The first-order valence-corrected chi connectivity index (χ1v) is 9.71. The first-order chi connectivity index (χ1) is 12.7. The van der Waals surface area contributed by atoms with Crippen LogP contribution in [0.2, 0.25) is 0 Å². The number of carbonyl (C=O) groups is 1. The zero-order chi connectivity index (χ0) is 18.4. The Balaban J connectivity index is 1.57. The van der Waals surface area contributed by atoms with Crippen LogP contribution in [-0.2, 0) is 6.42 Å². The van der Waals surface area contributed by atoms with Crippen molar-refractivity contribution in [3.05, 3.63) is 59.9 Å². The Hall–Kier alpha value is -2.36. The van der Waals surface area contributed by atoms with Gasteiger partial charge in [-0.15, -0.1) is 0 Å². The van der Waals surface area contributed by atoms with Gasteiger partial charge in [-0.05, 0) is 56.2 Å². The number of pyridine rings is 1. The minimum absolute atomic E-state index is 0.0832. The Labute approximate surface area is 156 Å². The first-order valence-electron chi connectivity index (χ1n) is 9.71. The molecule has 1 aromatic carbocycles. The van der Waals surface area contributed by atoms with Gasteiger partial charge in [0.05, 0.1) is 0 Å². The van der Waals surface area contributed by atoms with Crippen LogP contribution >= 0.6 is 0 Å². The van der Waals surface area contributed by atoms with E-state index in [4.69, 9.17) is 0 Å². The molecule has 1 aromatic heterocycles. The smallest absolute Gasteiger partial charge is 0.270 e. The second-order valence-corrected chi connectivity index (χ2v) is 7.30. The number of nitrogens with zero attached hydrogens (tertiary/aromatic N) is 2. The number of benzene rings is 1. The number of nitrogens with one attached hydrogen (secondary N) is 1. The topological polar surface area (TPSA) is 45.2 Å². The van der Waals surface area contributed by atoms with Gasteiger partial charge < -0.3 is 10.2 Å². The van der Waals surface area contributed by atoms with E-state index in [0.29, 0.717) is 5.69 Å². The van der Waals surface area contributed by atoms with E-state index in [1.165, 1.54) is 18.4 Å². The summed E-state index contributed by atoms with van der Waals surface area (Å²) in [6.07, 6.45) is 6.20. The molecule has 0 bridgehead atoms. The van der Waals surface area contributed by atoms with Crippen molar-refractivity contribution >= 4 is 11.6 Å². The average molecular weight is 351 g/mol. The van der Waals surface area contributed by atoms with Gasteiger partial charge in [0.1, 0.15) is 5.69 Å². The lowest BCUT2D eigenvalue weighted by atomic mass is 9.90. The highest BCUT2D eigenvalue weighted by Gasteiger charge is 2.21. The molecule has 1 aliphatic rings. The van der Waals surface area contributed by atoms with Crippen molar-refractivity contribution in [2.45, 2.75) is 45.6 Å². The van der Waals surface area contributed by atoms with E-state index >= 15 is 0 Å². The normalized spacial score (nSPS) is 16.3. The van der Waals surface area contributed by atoms with Crippen LogP contribution in [0.3, 0.4) is 0 Å². The highest BCUT2D eigenvalue weighted by atomic mass is 16.1. The summed E-state index contributed by atoms with van der Waals surface area (Å²) in [7, 11) is 0. The van der Waals surface area contributed by atoms with Crippen molar-refractivity contribution in [3.8, 4) is 0 Å². The van der Waals surface area contributed by atoms with Crippen LogP contribution in [0.4, 0.5) is 5.69 Å². The Kier molecular flexibility index (Phi) is 6.26. The third-order valence-corrected chi connectivity index (χ3v) is 5.31. The first kappa shape index (κ1) is 18.4. The molecule has 1 N–H and O–H groups in total. The molecule has 2 heterocycles. The number of hydrogen-bond donors (Lipinski definition) is 1. The van der Waals surface area contributed by atoms with Crippen molar-refractivity contribution < 1.29 is 4.79 Å². The lowest BCUT2D eigenvalue weighted by Gasteiger charge is -2.33. The van der Waals surface area contributed by atoms with E-state index in [2.05, 4.69) is 52.5 Å². The van der Waals surface area contributed by atoms with Crippen molar-refractivity contribution in [2.24, 2.45) is 5.92 Å². The molecule has 4 nitrogen and oxygen atoms in total. The maximum absolute atomic E-state index is 12.3. The van der Waals surface area contributed by atoms with Crippen molar-refractivity contribution in [2.75, 3.05) is 18.0 Å². The lowest BCUT2D eigenvalue weighted by molar-refractivity contribution is 0.0934. The molecule has 0 aliphatic carbocycles. The molecule has 3 rings (SSSR count).